The molecule has 4 nitrogen and oxygen atoms in total. The predicted molar refractivity (Wildman–Crippen MR) is 122 cm³/mol. The number of benzene rings is 3. The van der Waals surface area contributed by atoms with E-state index in [1.807, 2.05) is 56.3 Å². The van der Waals surface area contributed by atoms with Crippen molar-refractivity contribution in [1.29, 1.82) is 0 Å². The van der Waals surface area contributed by atoms with E-state index in [4.69, 9.17) is 4.42 Å². The molecular weight excluding hydrogens is 394 g/mol. The first-order valence-corrected chi connectivity index (χ1v) is 11.9. The Balaban J connectivity index is 1.72. The lowest BCUT2D eigenvalue weighted by atomic mass is 9.87. The van der Waals surface area contributed by atoms with Crippen molar-refractivity contribution in [2.75, 3.05) is 4.72 Å². The van der Waals surface area contributed by atoms with Crippen molar-refractivity contribution in [2.24, 2.45) is 5.92 Å². The first-order valence-electron chi connectivity index (χ1n) is 10.4. The van der Waals surface area contributed by atoms with Crippen molar-refractivity contribution < 1.29 is 12.8 Å². The van der Waals surface area contributed by atoms with Gasteiger partial charge in [-0.2, -0.15) is 0 Å². The molecule has 0 bridgehead atoms. The highest BCUT2D eigenvalue weighted by molar-refractivity contribution is 7.92. The van der Waals surface area contributed by atoms with Crippen LogP contribution in [-0.4, -0.2) is 8.42 Å². The maximum Gasteiger partial charge on any atom is 0.262 e. The van der Waals surface area contributed by atoms with Gasteiger partial charge in [0.25, 0.3) is 10.0 Å². The highest BCUT2D eigenvalue weighted by atomic mass is 32.2. The number of rotatable bonds is 3. The molecule has 0 unspecified atom stereocenters. The highest BCUT2D eigenvalue weighted by Gasteiger charge is 2.25. The van der Waals surface area contributed by atoms with Crippen LogP contribution >= 0.6 is 0 Å². The first kappa shape index (κ1) is 19.2. The average Bonchev–Trinajstić information content (AvgIpc) is 3.07. The zero-order chi connectivity index (χ0) is 21.0. The highest BCUT2D eigenvalue weighted by Crippen LogP contribution is 2.40. The molecular formula is C25H25NO3S. The largest absolute Gasteiger partial charge is 0.460 e. The van der Waals surface area contributed by atoms with Gasteiger partial charge in [-0.1, -0.05) is 43.3 Å². The number of fused-ring (bicyclic) bond motifs is 5. The molecule has 5 heteroatoms. The summed E-state index contributed by atoms with van der Waals surface area (Å²) in [4.78, 5) is 0.314. The van der Waals surface area contributed by atoms with Gasteiger partial charge in [-0.15, -0.1) is 0 Å². The van der Waals surface area contributed by atoms with Gasteiger partial charge in [0.05, 0.1) is 10.6 Å². The monoisotopic (exact) mass is 419 g/mol. The summed E-state index contributed by atoms with van der Waals surface area (Å²) < 4.78 is 35.8. The minimum Gasteiger partial charge on any atom is -0.460 e. The Bertz CT molecular complexity index is 1400. The third-order valence-electron chi connectivity index (χ3n) is 6.18. The Morgan fingerprint density at radius 2 is 1.77 bits per heavy atom. The van der Waals surface area contributed by atoms with Crippen LogP contribution in [-0.2, 0) is 22.9 Å². The molecule has 1 aliphatic rings. The molecule has 30 heavy (non-hydrogen) atoms. The van der Waals surface area contributed by atoms with Gasteiger partial charge in [0, 0.05) is 28.1 Å². The first-order chi connectivity index (χ1) is 14.3. The average molecular weight is 420 g/mol. The van der Waals surface area contributed by atoms with Crippen molar-refractivity contribution in [3.05, 3.63) is 71.0 Å². The molecule has 1 N–H and O–H groups in total. The minimum atomic E-state index is -3.72. The number of hydrogen-bond donors (Lipinski definition) is 1. The van der Waals surface area contributed by atoms with Crippen LogP contribution in [0.2, 0.25) is 0 Å². The van der Waals surface area contributed by atoms with Gasteiger partial charge < -0.3 is 4.42 Å². The zero-order valence-electron chi connectivity index (χ0n) is 17.5. The quantitative estimate of drug-likeness (QED) is 0.435. The molecule has 0 saturated heterocycles. The van der Waals surface area contributed by atoms with Crippen LogP contribution in [0.15, 0.2) is 57.8 Å². The van der Waals surface area contributed by atoms with Gasteiger partial charge in [-0.3, -0.25) is 4.72 Å². The molecule has 1 aromatic heterocycles. The van der Waals surface area contributed by atoms with E-state index < -0.39 is 10.0 Å². The molecule has 1 heterocycles. The fourth-order valence-corrected chi connectivity index (χ4v) is 5.95. The smallest absolute Gasteiger partial charge is 0.262 e. The van der Waals surface area contributed by atoms with E-state index in [1.165, 1.54) is 5.56 Å². The second kappa shape index (κ2) is 6.88. The van der Waals surface area contributed by atoms with Gasteiger partial charge in [-0.05, 0) is 55.9 Å². The molecule has 0 amide bonds. The molecule has 1 aliphatic carbocycles. The standard InChI is InChI=1S/C25H25NO3S/c1-15-9-11-23-20(12-15)21-14-22(18-6-4-5-7-19(18)25(21)29-23)26-30(27,28)24-13-16(2)8-10-17(24)3/h4-8,10,13-15,26H,9,11-12H2,1-3H3/t15-/m1/s1. The minimum absolute atomic E-state index is 0.314. The Labute approximate surface area is 177 Å². The predicted octanol–water partition coefficient (Wildman–Crippen LogP) is 6.13. The fraction of sp³-hybridized carbons (Fsp3) is 0.280. The molecule has 0 fully saturated rings. The maximum atomic E-state index is 13.3. The van der Waals surface area contributed by atoms with Crippen molar-refractivity contribution in [3.8, 4) is 0 Å². The van der Waals surface area contributed by atoms with E-state index in [0.717, 1.165) is 57.9 Å². The van der Waals surface area contributed by atoms with Crippen LogP contribution in [0.5, 0.6) is 0 Å². The molecule has 0 saturated carbocycles. The Kier molecular flexibility index (Phi) is 4.40. The molecule has 4 aromatic rings. The van der Waals surface area contributed by atoms with Gasteiger partial charge in [0.1, 0.15) is 11.3 Å². The summed E-state index contributed by atoms with van der Waals surface area (Å²) >= 11 is 0. The number of nitrogens with one attached hydrogen (secondary N) is 1. The SMILES string of the molecule is Cc1ccc(C)c(S(=O)(=O)Nc2cc3c4c(oc3c3ccccc23)CC[C@@H](C)C4)c1. The normalized spacial score (nSPS) is 16.7. The van der Waals surface area contributed by atoms with Crippen LogP contribution in [0.1, 0.15) is 35.8 Å². The van der Waals surface area contributed by atoms with Gasteiger partial charge in [0.15, 0.2) is 0 Å². The van der Waals surface area contributed by atoms with Gasteiger partial charge in [-0.25, -0.2) is 8.42 Å². The lowest BCUT2D eigenvalue weighted by Gasteiger charge is -2.17. The van der Waals surface area contributed by atoms with Crippen LogP contribution in [0, 0.1) is 19.8 Å². The summed E-state index contributed by atoms with van der Waals surface area (Å²) in [5.41, 5.74) is 4.33. The van der Waals surface area contributed by atoms with Crippen molar-refractivity contribution >= 4 is 37.5 Å². The molecule has 1 atom stereocenters. The van der Waals surface area contributed by atoms with E-state index in [9.17, 15) is 8.42 Å². The lowest BCUT2D eigenvalue weighted by molar-refractivity contribution is 0.439. The van der Waals surface area contributed by atoms with Gasteiger partial charge in [0.2, 0.25) is 0 Å². The summed E-state index contributed by atoms with van der Waals surface area (Å²) in [5.74, 6) is 1.64. The van der Waals surface area contributed by atoms with Crippen LogP contribution < -0.4 is 4.72 Å². The molecule has 0 spiro atoms. The number of anilines is 1. The molecule has 3 aromatic carbocycles. The third-order valence-corrected chi connectivity index (χ3v) is 7.68. The van der Waals surface area contributed by atoms with E-state index in [0.29, 0.717) is 16.5 Å². The van der Waals surface area contributed by atoms with E-state index >= 15 is 0 Å². The number of hydrogen-bond acceptors (Lipinski definition) is 3. The molecule has 0 aliphatic heterocycles. The van der Waals surface area contributed by atoms with Crippen molar-refractivity contribution in [2.45, 2.75) is 44.9 Å². The number of sulfonamides is 1. The number of furan rings is 1. The van der Waals surface area contributed by atoms with Gasteiger partial charge >= 0.3 is 0 Å². The second-order valence-electron chi connectivity index (χ2n) is 8.57. The summed E-state index contributed by atoms with van der Waals surface area (Å²) in [6.45, 7) is 5.98. The maximum absolute atomic E-state index is 13.3. The zero-order valence-corrected chi connectivity index (χ0v) is 18.3. The Morgan fingerprint density at radius 1 is 1.00 bits per heavy atom. The number of aryl methyl sites for hydroxylation is 3. The van der Waals surface area contributed by atoms with Crippen molar-refractivity contribution in [1.82, 2.24) is 0 Å². The summed E-state index contributed by atoms with van der Waals surface area (Å²) in [6.07, 6.45) is 3.02. The van der Waals surface area contributed by atoms with Crippen LogP contribution in [0.25, 0.3) is 21.7 Å². The van der Waals surface area contributed by atoms with E-state index in [-0.39, 0.29) is 0 Å². The molecule has 5 rings (SSSR count). The summed E-state index contributed by atoms with van der Waals surface area (Å²) in [7, 11) is -3.72. The van der Waals surface area contributed by atoms with E-state index in [1.54, 1.807) is 6.07 Å². The lowest BCUT2D eigenvalue weighted by Crippen LogP contribution is -2.15. The Morgan fingerprint density at radius 3 is 2.57 bits per heavy atom. The van der Waals surface area contributed by atoms with Crippen LogP contribution in [0.4, 0.5) is 5.69 Å². The van der Waals surface area contributed by atoms with E-state index in [2.05, 4.69) is 11.6 Å². The summed E-state index contributed by atoms with van der Waals surface area (Å²) in [6, 6.07) is 15.3. The topological polar surface area (TPSA) is 59.3 Å². The second-order valence-corrected chi connectivity index (χ2v) is 10.2. The Hall–Kier alpha value is -2.79. The molecule has 0 radical (unpaired) electrons. The van der Waals surface area contributed by atoms with Crippen molar-refractivity contribution in [3.63, 3.8) is 0 Å². The van der Waals surface area contributed by atoms with Crippen LogP contribution in [0.3, 0.4) is 0 Å². The fourth-order valence-electron chi connectivity index (χ4n) is 4.55. The third kappa shape index (κ3) is 3.08. The summed E-state index contributed by atoms with van der Waals surface area (Å²) in [5, 5.41) is 2.81. The molecule has 154 valence electrons.